The molecule has 6 heteroatoms. The molecule has 0 unspecified atom stereocenters. The Bertz CT molecular complexity index is 3160. The molecule has 0 N–H and O–H groups in total. The Morgan fingerprint density at radius 1 is 0.389 bits per heavy atom. The third-order valence-electron chi connectivity index (χ3n) is 10.4. The minimum Gasteiger partial charge on any atom is -0.438 e. The van der Waals surface area contributed by atoms with Gasteiger partial charge in [0.05, 0.1) is 22.1 Å². The van der Waals surface area contributed by atoms with Crippen LogP contribution in [0.2, 0.25) is 0 Å². The van der Waals surface area contributed by atoms with Crippen molar-refractivity contribution in [1.29, 1.82) is 0 Å². The molecule has 0 fully saturated rings. The molecule has 0 saturated heterocycles. The van der Waals surface area contributed by atoms with Gasteiger partial charge in [0.2, 0.25) is 5.71 Å². The highest BCUT2D eigenvalue weighted by molar-refractivity contribution is 6.12. The van der Waals surface area contributed by atoms with Gasteiger partial charge in [-0.1, -0.05) is 133 Å². The Morgan fingerprint density at radius 2 is 0.944 bits per heavy atom. The summed E-state index contributed by atoms with van der Waals surface area (Å²) in [6, 6.07) is 58.8. The molecule has 252 valence electrons. The molecular formula is C48H29N5O. The van der Waals surface area contributed by atoms with Crippen molar-refractivity contribution in [3.8, 4) is 51.0 Å². The molecule has 4 aromatic heterocycles. The Hall–Kier alpha value is -7.44. The molecule has 4 heterocycles. The Morgan fingerprint density at radius 3 is 1.69 bits per heavy atom. The first kappa shape index (κ1) is 30.2. The minimum absolute atomic E-state index is 0.547. The molecule has 11 rings (SSSR count). The number of para-hydroxylation sites is 3. The lowest BCUT2D eigenvalue weighted by Crippen LogP contribution is -2.02. The quantitative estimate of drug-likeness (QED) is 0.180. The SMILES string of the molecule is c1ccc(-c2ccc(-c3nc(-c4ccc(-n5c6ccccc6c6ccccc65)c5ccccc45)nc(-c4ccnc5oc6ccccc6c45)n3)cc2)cc1. The maximum absolute atomic E-state index is 6.18. The number of fused-ring (bicyclic) bond motifs is 7. The molecule has 54 heavy (non-hydrogen) atoms. The van der Waals surface area contributed by atoms with Crippen molar-refractivity contribution in [2.24, 2.45) is 0 Å². The topological polar surface area (TPSA) is 69.6 Å². The maximum Gasteiger partial charge on any atom is 0.228 e. The second kappa shape index (κ2) is 12.1. The molecule has 0 aliphatic carbocycles. The average Bonchev–Trinajstić information content (AvgIpc) is 3.80. The number of benzene rings is 7. The van der Waals surface area contributed by atoms with Gasteiger partial charge < -0.3 is 8.98 Å². The van der Waals surface area contributed by atoms with Crippen LogP contribution in [0.5, 0.6) is 0 Å². The molecule has 0 aliphatic rings. The van der Waals surface area contributed by atoms with E-state index in [0.717, 1.165) is 71.7 Å². The lowest BCUT2D eigenvalue weighted by atomic mass is 10.0. The van der Waals surface area contributed by atoms with Gasteiger partial charge in [0.1, 0.15) is 5.58 Å². The Balaban J connectivity index is 1.15. The summed E-state index contributed by atoms with van der Waals surface area (Å²) in [5, 5.41) is 6.44. The third kappa shape index (κ3) is 4.74. The number of nitrogens with zero attached hydrogens (tertiary/aromatic N) is 5. The summed E-state index contributed by atoms with van der Waals surface area (Å²) in [6.07, 6.45) is 1.76. The second-order valence-electron chi connectivity index (χ2n) is 13.4. The highest BCUT2D eigenvalue weighted by atomic mass is 16.3. The van der Waals surface area contributed by atoms with Gasteiger partial charge in [-0.05, 0) is 52.9 Å². The van der Waals surface area contributed by atoms with E-state index < -0.39 is 0 Å². The molecule has 0 atom stereocenters. The number of furan rings is 1. The standard InChI is InChI=1S/C48H29N5O/c1-2-12-30(13-3-1)31-22-24-32(25-23-31)45-50-46(52-47(51-45)39-28-29-49-48-44(39)38-18-8-11-21-43(38)54-48)37-26-27-42(34-15-5-4-14-33(34)37)53-40-19-9-6-16-35(40)36-17-7-10-20-41(36)53/h1-29H. The number of rotatable bonds is 5. The Labute approximate surface area is 309 Å². The van der Waals surface area contributed by atoms with Crippen molar-refractivity contribution >= 4 is 54.6 Å². The van der Waals surface area contributed by atoms with Gasteiger partial charge >= 0.3 is 0 Å². The van der Waals surface area contributed by atoms with Gasteiger partial charge in [-0.3, -0.25) is 0 Å². The van der Waals surface area contributed by atoms with Crippen LogP contribution in [-0.2, 0) is 0 Å². The second-order valence-corrected chi connectivity index (χ2v) is 13.4. The van der Waals surface area contributed by atoms with E-state index in [9.17, 15) is 0 Å². The predicted octanol–water partition coefficient (Wildman–Crippen LogP) is 12.1. The lowest BCUT2D eigenvalue weighted by Gasteiger charge is -2.15. The minimum atomic E-state index is 0.547. The lowest BCUT2D eigenvalue weighted by molar-refractivity contribution is 0.654. The predicted molar refractivity (Wildman–Crippen MR) is 218 cm³/mol. The van der Waals surface area contributed by atoms with Crippen LogP contribution in [0.15, 0.2) is 180 Å². The van der Waals surface area contributed by atoms with E-state index >= 15 is 0 Å². The van der Waals surface area contributed by atoms with Crippen LogP contribution < -0.4 is 0 Å². The molecule has 11 aromatic rings. The molecular weight excluding hydrogens is 663 g/mol. The van der Waals surface area contributed by atoms with Crippen LogP contribution in [0.1, 0.15) is 0 Å². The van der Waals surface area contributed by atoms with E-state index in [0.29, 0.717) is 23.2 Å². The molecule has 0 saturated carbocycles. The van der Waals surface area contributed by atoms with E-state index in [-0.39, 0.29) is 0 Å². The number of hydrogen-bond acceptors (Lipinski definition) is 5. The van der Waals surface area contributed by atoms with Crippen molar-refractivity contribution in [2.75, 3.05) is 0 Å². The van der Waals surface area contributed by atoms with Gasteiger partial charge in [0, 0.05) is 44.4 Å². The first-order valence-electron chi connectivity index (χ1n) is 18.0. The van der Waals surface area contributed by atoms with Gasteiger partial charge in [0.25, 0.3) is 0 Å². The van der Waals surface area contributed by atoms with Crippen molar-refractivity contribution in [3.63, 3.8) is 0 Å². The summed E-state index contributed by atoms with van der Waals surface area (Å²) in [6.45, 7) is 0. The first-order valence-corrected chi connectivity index (χ1v) is 18.0. The van der Waals surface area contributed by atoms with E-state index in [1.165, 1.54) is 10.8 Å². The molecule has 6 nitrogen and oxygen atoms in total. The van der Waals surface area contributed by atoms with Crippen LogP contribution >= 0.6 is 0 Å². The molecule has 0 bridgehead atoms. The fourth-order valence-corrected chi connectivity index (χ4v) is 7.88. The summed E-state index contributed by atoms with van der Waals surface area (Å²) >= 11 is 0. The zero-order chi connectivity index (χ0) is 35.6. The van der Waals surface area contributed by atoms with Crippen molar-refractivity contribution in [2.45, 2.75) is 0 Å². The number of aromatic nitrogens is 5. The smallest absolute Gasteiger partial charge is 0.228 e. The van der Waals surface area contributed by atoms with E-state index in [1.807, 2.05) is 30.3 Å². The summed E-state index contributed by atoms with van der Waals surface area (Å²) in [5.74, 6) is 1.73. The average molecular weight is 692 g/mol. The van der Waals surface area contributed by atoms with Gasteiger partial charge in [-0.15, -0.1) is 0 Å². The van der Waals surface area contributed by atoms with E-state index in [4.69, 9.17) is 19.4 Å². The summed E-state index contributed by atoms with van der Waals surface area (Å²) < 4.78 is 8.55. The van der Waals surface area contributed by atoms with Crippen LogP contribution in [0, 0.1) is 0 Å². The Kier molecular flexibility index (Phi) is 6.75. The molecule has 0 amide bonds. The van der Waals surface area contributed by atoms with E-state index in [1.54, 1.807) is 6.20 Å². The van der Waals surface area contributed by atoms with Crippen molar-refractivity contribution in [3.05, 3.63) is 176 Å². The summed E-state index contributed by atoms with van der Waals surface area (Å²) in [4.78, 5) is 20.2. The monoisotopic (exact) mass is 691 g/mol. The molecule has 7 aromatic carbocycles. The third-order valence-corrected chi connectivity index (χ3v) is 10.4. The number of pyridine rings is 1. The molecule has 0 radical (unpaired) electrons. The summed E-state index contributed by atoms with van der Waals surface area (Å²) in [7, 11) is 0. The van der Waals surface area contributed by atoms with Crippen molar-refractivity contribution in [1.82, 2.24) is 24.5 Å². The van der Waals surface area contributed by atoms with Crippen LogP contribution in [0.4, 0.5) is 0 Å². The first-order chi connectivity index (χ1) is 26.8. The maximum atomic E-state index is 6.18. The number of hydrogen-bond donors (Lipinski definition) is 0. The molecule has 0 spiro atoms. The van der Waals surface area contributed by atoms with Gasteiger partial charge in [-0.2, -0.15) is 0 Å². The summed E-state index contributed by atoms with van der Waals surface area (Å²) in [5.41, 5.74) is 9.67. The van der Waals surface area contributed by atoms with E-state index in [2.05, 4.69) is 149 Å². The van der Waals surface area contributed by atoms with Crippen LogP contribution in [-0.4, -0.2) is 24.5 Å². The van der Waals surface area contributed by atoms with Crippen molar-refractivity contribution < 1.29 is 4.42 Å². The zero-order valence-electron chi connectivity index (χ0n) is 28.9. The normalized spacial score (nSPS) is 11.7. The fourth-order valence-electron chi connectivity index (χ4n) is 7.88. The fraction of sp³-hybridized carbons (Fsp3) is 0. The largest absolute Gasteiger partial charge is 0.438 e. The zero-order valence-corrected chi connectivity index (χ0v) is 28.9. The molecule has 0 aliphatic heterocycles. The van der Waals surface area contributed by atoms with Gasteiger partial charge in [0.15, 0.2) is 17.5 Å². The highest BCUT2D eigenvalue weighted by Gasteiger charge is 2.21. The highest BCUT2D eigenvalue weighted by Crippen LogP contribution is 2.39. The van der Waals surface area contributed by atoms with Gasteiger partial charge in [-0.25, -0.2) is 19.9 Å². The van der Waals surface area contributed by atoms with Crippen LogP contribution in [0.25, 0.3) is 106 Å². The van der Waals surface area contributed by atoms with Crippen LogP contribution in [0.3, 0.4) is 0 Å².